The molecule has 0 aliphatic carbocycles. The quantitative estimate of drug-likeness (QED) is 0.349. The lowest BCUT2D eigenvalue weighted by molar-refractivity contribution is -0.116. The minimum Gasteiger partial charge on any atom is -0.352 e. The molecule has 178 valence electrons. The van der Waals surface area contributed by atoms with Gasteiger partial charge in [0, 0.05) is 47.8 Å². The van der Waals surface area contributed by atoms with Gasteiger partial charge in [0.2, 0.25) is 5.91 Å². The number of amides is 1. The second-order valence-electron chi connectivity index (χ2n) is 8.46. The van der Waals surface area contributed by atoms with Crippen LogP contribution in [0.25, 0.3) is 5.13 Å². The van der Waals surface area contributed by atoms with Crippen LogP contribution in [0, 0.1) is 13.8 Å². The first kappa shape index (κ1) is 23.2. The van der Waals surface area contributed by atoms with Crippen LogP contribution in [0.1, 0.15) is 41.1 Å². The number of benzene rings is 1. The normalized spacial score (nSPS) is 17.4. The number of carbonyl (C=O) groups is 1. The molecule has 2 N–H and O–H groups in total. The summed E-state index contributed by atoms with van der Waals surface area (Å²) >= 11 is 7.38. The van der Waals surface area contributed by atoms with Crippen molar-refractivity contribution in [2.24, 2.45) is 0 Å². The number of thiocarbonyl (C=S) groups is 1. The van der Waals surface area contributed by atoms with Gasteiger partial charge in [-0.2, -0.15) is 0 Å². The Balaban J connectivity index is 1.46. The summed E-state index contributed by atoms with van der Waals surface area (Å²) in [6.45, 7) is 4.69. The lowest BCUT2D eigenvalue weighted by Gasteiger charge is -2.28. The van der Waals surface area contributed by atoms with Gasteiger partial charge in [0.1, 0.15) is 0 Å². The minimum atomic E-state index is -0.133. The van der Waals surface area contributed by atoms with Gasteiger partial charge in [-0.3, -0.25) is 14.3 Å². The molecule has 7 nitrogen and oxygen atoms in total. The average molecular weight is 503 g/mol. The van der Waals surface area contributed by atoms with Crippen LogP contribution in [-0.4, -0.2) is 37.0 Å². The van der Waals surface area contributed by atoms with E-state index in [1.54, 1.807) is 17.5 Å². The van der Waals surface area contributed by atoms with E-state index in [0.717, 1.165) is 33.5 Å². The number of aromatic nitrogens is 3. The third-order valence-electron chi connectivity index (χ3n) is 6.23. The topological polar surface area (TPSA) is 75.1 Å². The van der Waals surface area contributed by atoms with Crippen molar-refractivity contribution >= 4 is 40.3 Å². The van der Waals surface area contributed by atoms with Gasteiger partial charge < -0.3 is 15.5 Å². The van der Waals surface area contributed by atoms with E-state index in [-0.39, 0.29) is 18.0 Å². The summed E-state index contributed by atoms with van der Waals surface area (Å²) in [7, 11) is 0. The molecule has 9 heteroatoms. The SMILES string of the molecule is Cc1cc(C2C(c3ccccn3)NC(=S)N2CCC(=O)Nc2ccccc2)c(C)n1-c1nccs1. The van der Waals surface area contributed by atoms with Crippen molar-refractivity contribution in [2.45, 2.75) is 32.4 Å². The molecule has 3 aromatic heterocycles. The Labute approximate surface area is 213 Å². The molecular weight excluding hydrogens is 476 g/mol. The fraction of sp³-hybridized carbons (Fsp3) is 0.231. The first-order valence-corrected chi connectivity index (χ1v) is 12.7. The zero-order valence-corrected chi connectivity index (χ0v) is 21.1. The highest BCUT2D eigenvalue weighted by Crippen LogP contribution is 2.41. The Kier molecular flexibility index (Phi) is 6.61. The largest absolute Gasteiger partial charge is 0.352 e. The van der Waals surface area contributed by atoms with E-state index in [2.05, 4.69) is 50.0 Å². The van der Waals surface area contributed by atoms with Crippen molar-refractivity contribution in [3.63, 3.8) is 0 Å². The van der Waals surface area contributed by atoms with Crippen LogP contribution in [0.2, 0.25) is 0 Å². The van der Waals surface area contributed by atoms with E-state index >= 15 is 0 Å². The fourth-order valence-corrected chi connectivity index (χ4v) is 5.74. The molecule has 1 amide bonds. The van der Waals surface area contributed by atoms with Crippen molar-refractivity contribution < 1.29 is 4.79 Å². The van der Waals surface area contributed by atoms with Gasteiger partial charge in [0.05, 0.1) is 17.8 Å². The second kappa shape index (κ2) is 9.97. The zero-order valence-electron chi connectivity index (χ0n) is 19.5. The maximum atomic E-state index is 12.7. The minimum absolute atomic E-state index is 0.0488. The van der Waals surface area contributed by atoms with Crippen molar-refractivity contribution in [2.75, 3.05) is 11.9 Å². The van der Waals surface area contributed by atoms with Crippen LogP contribution < -0.4 is 10.6 Å². The molecule has 1 saturated heterocycles. The van der Waals surface area contributed by atoms with Crippen LogP contribution in [-0.2, 0) is 4.79 Å². The Morgan fingerprint density at radius 2 is 1.91 bits per heavy atom. The number of rotatable bonds is 7. The summed E-state index contributed by atoms with van der Waals surface area (Å²) in [5.41, 5.74) is 5.05. The Bertz CT molecular complexity index is 1320. The molecule has 5 rings (SSSR count). The van der Waals surface area contributed by atoms with Gasteiger partial charge in [-0.05, 0) is 62.0 Å². The molecule has 35 heavy (non-hydrogen) atoms. The lowest BCUT2D eigenvalue weighted by atomic mass is 9.96. The molecule has 1 aliphatic rings. The highest BCUT2D eigenvalue weighted by molar-refractivity contribution is 7.80. The van der Waals surface area contributed by atoms with Crippen LogP contribution in [0.5, 0.6) is 0 Å². The monoisotopic (exact) mass is 502 g/mol. The molecule has 1 aliphatic heterocycles. The van der Waals surface area contributed by atoms with Crippen molar-refractivity contribution in [3.05, 3.63) is 95.0 Å². The van der Waals surface area contributed by atoms with Crippen LogP contribution in [0.4, 0.5) is 5.69 Å². The highest BCUT2D eigenvalue weighted by Gasteiger charge is 2.41. The molecule has 0 saturated carbocycles. The first-order valence-electron chi connectivity index (χ1n) is 11.4. The van der Waals surface area contributed by atoms with E-state index in [1.165, 1.54) is 0 Å². The van der Waals surface area contributed by atoms with Gasteiger partial charge in [-0.1, -0.05) is 24.3 Å². The predicted molar refractivity (Wildman–Crippen MR) is 143 cm³/mol. The summed E-state index contributed by atoms with van der Waals surface area (Å²) in [6.07, 6.45) is 3.93. The average Bonchev–Trinajstić information content (AvgIpc) is 3.57. The number of para-hydroxylation sites is 1. The molecule has 0 bridgehead atoms. The molecule has 1 aromatic carbocycles. The third kappa shape index (κ3) is 4.69. The molecule has 1 fully saturated rings. The smallest absolute Gasteiger partial charge is 0.226 e. The molecule has 0 spiro atoms. The number of nitrogens with zero attached hydrogens (tertiary/aromatic N) is 4. The summed E-state index contributed by atoms with van der Waals surface area (Å²) in [5, 5.41) is 9.98. The Morgan fingerprint density at radius 3 is 2.63 bits per heavy atom. The number of aryl methyl sites for hydroxylation is 1. The van der Waals surface area contributed by atoms with Crippen LogP contribution in [0.3, 0.4) is 0 Å². The Morgan fingerprint density at radius 1 is 1.11 bits per heavy atom. The van der Waals surface area contributed by atoms with E-state index in [9.17, 15) is 4.79 Å². The third-order valence-corrected chi connectivity index (χ3v) is 7.34. The summed E-state index contributed by atoms with van der Waals surface area (Å²) in [6, 6.07) is 17.4. The van der Waals surface area contributed by atoms with E-state index < -0.39 is 0 Å². The van der Waals surface area contributed by atoms with Gasteiger partial charge in [0.25, 0.3) is 0 Å². The summed E-state index contributed by atoms with van der Waals surface area (Å²) < 4.78 is 2.18. The fourth-order valence-electron chi connectivity index (χ4n) is 4.66. The van der Waals surface area contributed by atoms with E-state index in [4.69, 9.17) is 12.2 Å². The standard InChI is InChI=1S/C26H26N6OS2/c1-17-16-20(18(2)32(17)26-28-13-15-35-26)24-23(21-10-6-7-12-27-21)30-25(34)31(24)14-11-22(33)29-19-8-4-3-5-9-19/h3-10,12-13,15-16,23-24H,11,14H2,1-2H3,(H,29,33)(H,30,34). The maximum absolute atomic E-state index is 12.7. The first-order chi connectivity index (χ1) is 17.0. The highest BCUT2D eigenvalue weighted by atomic mass is 32.1. The second-order valence-corrected chi connectivity index (χ2v) is 9.72. The molecular formula is C26H26N6OS2. The number of nitrogens with one attached hydrogen (secondary N) is 2. The molecule has 4 heterocycles. The zero-order chi connectivity index (χ0) is 24.4. The predicted octanol–water partition coefficient (Wildman–Crippen LogP) is 4.95. The van der Waals surface area contributed by atoms with Gasteiger partial charge in [0.15, 0.2) is 10.2 Å². The van der Waals surface area contributed by atoms with E-state index in [0.29, 0.717) is 18.1 Å². The van der Waals surface area contributed by atoms with Crippen molar-refractivity contribution in [1.82, 2.24) is 24.8 Å². The summed E-state index contributed by atoms with van der Waals surface area (Å²) in [4.78, 5) is 24.0. The molecule has 2 unspecified atom stereocenters. The van der Waals surface area contributed by atoms with E-state index in [1.807, 2.05) is 60.1 Å². The molecule has 2 atom stereocenters. The van der Waals surface area contributed by atoms with Crippen molar-refractivity contribution in [1.29, 1.82) is 0 Å². The Hall–Kier alpha value is -3.56. The molecule has 4 aromatic rings. The summed E-state index contributed by atoms with van der Waals surface area (Å²) in [5.74, 6) is -0.0488. The lowest BCUT2D eigenvalue weighted by Crippen LogP contribution is -2.32. The maximum Gasteiger partial charge on any atom is 0.226 e. The molecule has 0 radical (unpaired) electrons. The number of hydrogen-bond acceptors (Lipinski definition) is 5. The van der Waals surface area contributed by atoms with Gasteiger partial charge >= 0.3 is 0 Å². The van der Waals surface area contributed by atoms with Crippen LogP contribution >= 0.6 is 23.6 Å². The number of thiazole rings is 1. The van der Waals surface area contributed by atoms with Crippen molar-refractivity contribution in [3.8, 4) is 5.13 Å². The number of hydrogen-bond donors (Lipinski definition) is 2. The van der Waals surface area contributed by atoms with Gasteiger partial charge in [-0.25, -0.2) is 4.98 Å². The number of carbonyl (C=O) groups excluding carboxylic acids is 1. The number of anilines is 1. The van der Waals surface area contributed by atoms with Gasteiger partial charge in [-0.15, -0.1) is 11.3 Å². The van der Waals surface area contributed by atoms with Crippen LogP contribution in [0.15, 0.2) is 72.4 Å². The number of pyridine rings is 1.